The summed E-state index contributed by atoms with van der Waals surface area (Å²) in [4.78, 5) is 11.4. The van der Waals surface area contributed by atoms with Crippen LogP contribution in [0.5, 0.6) is 0 Å². The SMILES string of the molecule is Cn1cnnc1CCNC(=O)CNCC1CC1. The van der Waals surface area contributed by atoms with Crippen LogP contribution in [0, 0.1) is 5.92 Å². The molecule has 0 bridgehead atoms. The van der Waals surface area contributed by atoms with Gasteiger partial charge in [-0.3, -0.25) is 4.79 Å². The number of nitrogens with zero attached hydrogens (tertiary/aromatic N) is 3. The summed E-state index contributed by atoms with van der Waals surface area (Å²) in [6, 6.07) is 0. The molecule has 6 heteroatoms. The van der Waals surface area contributed by atoms with E-state index in [4.69, 9.17) is 0 Å². The first-order valence-corrected chi connectivity index (χ1v) is 6.06. The van der Waals surface area contributed by atoms with Gasteiger partial charge in [-0.25, -0.2) is 0 Å². The summed E-state index contributed by atoms with van der Waals surface area (Å²) >= 11 is 0. The molecule has 1 aliphatic carbocycles. The van der Waals surface area contributed by atoms with Gasteiger partial charge < -0.3 is 15.2 Å². The number of aryl methyl sites for hydroxylation is 1. The van der Waals surface area contributed by atoms with Crippen LogP contribution in [0.1, 0.15) is 18.7 Å². The van der Waals surface area contributed by atoms with Gasteiger partial charge in [-0.1, -0.05) is 0 Å². The highest BCUT2D eigenvalue weighted by molar-refractivity contribution is 5.77. The van der Waals surface area contributed by atoms with Crippen LogP contribution in [0.3, 0.4) is 0 Å². The average molecular weight is 237 g/mol. The van der Waals surface area contributed by atoms with Crippen LogP contribution in [0.15, 0.2) is 6.33 Å². The lowest BCUT2D eigenvalue weighted by Gasteiger charge is -2.05. The molecule has 1 aromatic heterocycles. The Morgan fingerprint density at radius 1 is 1.59 bits per heavy atom. The van der Waals surface area contributed by atoms with Crippen LogP contribution >= 0.6 is 0 Å². The molecule has 17 heavy (non-hydrogen) atoms. The van der Waals surface area contributed by atoms with Crippen LogP contribution < -0.4 is 10.6 Å². The van der Waals surface area contributed by atoms with Crippen LogP contribution in [0.2, 0.25) is 0 Å². The van der Waals surface area contributed by atoms with Crippen LogP contribution in [-0.4, -0.2) is 40.3 Å². The Morgan fingerprint density at radius 3 is 3.06 bits per heavy atom. The van der Waals surface area contributed by atoms with Crippen molar-refractivity contribution in [3.8, 4) is 0 Å². The third-order valence-corrected chi connectivity index (χ3v) is 2.89. The molecule has 0 radical (unpaired) electrons. The van der Waals surface area contributed by atoms with E-state index in [2.05, 4.69) is 20.8 Å². The summed E-state index contributed by atoms with van der Waals surface area (Å²) in [5.41, 5.74) is 0. The van der Waals surface area contributed by atoms with Crippen molar-refractivity contribution < 1.29 is 4.79 Å². The van der Waals surface area contributed by atoms with Crippen molar-refractivity contribution in [2.45, 2.75) is 19.3 Å². The Morgan fingerprint density at radius 2 is 2.41 bits per heavy atom. The second kappa shape index (κ2) is 5.77. The van der Waals surface area contributed by atoms with Crippen molar-refractivity contribution in [2.75, 3.05) is 19.6 Å². The minimum atomic E-state index is 0.0489. The van der Waals surface area contributed by atoms with Crippen molar-refractivity contribution >= 4 is 5.91 Å². The first kappa shape index (κ1) is 12.0. The number of aromatic nitrogens is 3. The molecular formula is C11H19N5O. The summed E-state index contributed by atoms with van der Waals surface area (Å²) in [5.74, 6) is 1.74. The predicted molar refractivity (Wildman–Crippen MR) is 63.3 cm³/mol. The predicted octanol–water partition coefficient (Wildman–Crippen LogP) is -0.527. The van der Waals surface area contributed by atoms with E-state index in [1.807, 2.05) is 11.6 Å². The minimum Gasteiger partial charge on any atom is -0.355 e. The first-order valence-electron chi connectivity index (χ1n) is 6.06. The smallest absolute Gasteiger partial charge is 0.233 e. The van der Waals surface area contributed by atoms with E-state index in [-0.39, 0.29) is 5.91 Å². The molecule has 1 heterocycles. The van der Waals surface area contributed by atoms with Gasteiger partial charge in [0.25, 0.3) is 0 Å². The van der Waals surface area contributed by atoms with E-state index in [9.17, 15) is 4.79 Å². The maximum atomic E-state index is 11.4. The molecule has 0 aliphatic heterocycles. The summed E-state index contributed by atoms with van der Waals surface area (Å²) in [6.07, 6.45) is 4.99. The van der Waals surface area contributed by atoms with Gasteiger partial charge in [0.05, 0.1) is 6.54 Å². The number of amides is 1. The molecular weight excluding hydrogens is 218 g/mol. The number of carbonyl (C=O) groups is 1. The van der Waals surface area contributed by atoms with Gasteiger partial charge in [0, 0.05) is 20.0 Å². The molecule has 0 saturated heterocycles. The number of nitrogens with one attached hydrogen (secondary N) is 2. The molecule has 1 fully saturated rings. The molecule has 1 aliphatic rings. The fourth-order valence-corrected chi connectivity index (χ4v) is 1.62. The molecule has 6 nitrogen and oxygen atoms in total. The molecule has 0 unspecified atom stereocenters. The normalized spacial score (nSPS) is 14.9. The Balaban J connectivity index is 1.54. The lowest BCUT2D eigenvalue weighted by atomic mass is 10.4. The fourth-order valence-electron chi connectivity index (χ4n) is 1.62. The van der Waals surface area contributed by atoms with Crippen molar-refractivity contribution in [3.05, 3.63) is 12.2 Å². The van der Waals surface area contributed by atoms with Crippen molar-refractivity contribution in [1.29, 1.82) is 0 Å². The number of carbonyl (C=O) groups excluding carboxylic acids is 1. The first-order chi connectivity index (χ1) is 8.25. The highest BCUT2D eigenvalue weighted by Crippen LogP contribution is 2.27. The number of hydrogen-bond acceptors (Lipinski definition) is 4. The zero-order valence-electron chi connectivity index (χ0n) is 10.1. The second-order valence-corrected chi connectivity index (χ2v) is 4.53. The topological polar surface area (TPSA) is 71.8 Å². The van der Waals surface area contributed by atoms with E-state index >= 15 is 0 Å². The molecule has 2 rings (SSSR count). The van der Waals surface area contributed by atoms with Crippen LogP contribution in [-0.2, 0) is 18.3 Å². The van der Waals surface area contributed by atoms with Gasteiger partial charge in [0.15, 0.2) is 0 Å². The van der Waals surface area contributed by atoms with Gasteiger partial charge in [-0.05, 0) is 25.3 Å². The van der Waals surface area contributed by atoms with E-state index in [1.165, 1.54) is 12.8 Å². The molecule has 0 atom stereocenters. The standard InChI is InChI=1S/C11H19N5O/c1-16-8-14-15-10(16)4-5-13-11(17)7-12-6-9-2-3-9/h8-9,12H,2-7H2,1H3,(H,13,17). The Labute approximate surface area is 101 Å². The lowest BCUT2D eigenvalue weighted by Crippen LogP contribution is -2.35. The zero-order chi connectivity index (χ0) is 12.1. The summed E-state index contributed by atoms with van der Waals surface area (Å²) in [6.45, 7) is 1.99. The molecule has 0 spiro atoms. The van der Waals surface area contributed by atoms with Gasteiger partial charge >= 0.3 is 0 Å². The highest BCUT2D eigenvalue weighted by atomic mass is 16.1. The van der Waals surface area contributed by atoms with E-state index in [0.29, 0.717) is 19.5 Å². The largest absolute Gasteiger partial charge is 0.355 e. The highest BCUT2D eigenvalue weighted by Gasteiger charge is 2.20. The molecule has 2 N–H and O–H groups in total. The summed E-state index contributed by atoms with van der Waals surface area (Å²) < 4.78 is 1.86. The molecule has 0 aromatic carbocycles. The Kier molecular flexibility index (Phi) is 4.08. The quantitative estimate of drug-likeness (QED) is 0.669. The molecule has 94 valence electrons. The van der Waals surface area contributed by atoms with E-state index in [0.717, 1.165) is 18.3 Å². The molecule has 1 amide bonds. The van der Waals surface area contributed by atoms with Crippen LogP contribution in [0.25, 0.3) is 0 Å². The molecule has 1 saturated carbocycles. The monoisotopic (exact) mass is 237 g/mol. The summed E-state index contributed by atoms with van der Waals surface area (Å²) in [5, 5.41) is 13.8. The third-order valence-electron chi connectivity index (χ3n) is 2.89. The number of hydrogen-bond donors (Lipinski definition) is 2. The average Bonchev–Trinajstić information content (AvgIpc) is 3.03. The van der Waals surface area contributed by atoms with Crippen molar-refractivity contribution in [3.63, 3.8) is 0 Å². The number of rotatable bonds is 7. The zero-order valence-corrected chi connectivity index (χ0v) is 10.1. The van der Waals surface area contributed by atoms with Gasteiger partial charge in [-0.15, -0.1) is 10.2 Å². The fraction of sp³-hybridized carbons (Fsp3) is 0.727. The Bertz CT molecular complexity index is 372. The van der Waals surface area contributed by atoms with Crippen molar-refractivity contribution in [1.82, 2.24) is 25.4 Å². The maximum Gasteiger partial charge on any atom is 0.233 e. The van der Waals surface area contributed by atoms with E-state index < -0.39 is 0 Å². The van der Waals surface area contributed by atoms with Gasteiger partial charge in [-0.2, -0.15) is 0 Å². The second-order valence-electron chi connectivity index (χ2n) is 4.53. The van der Waals surface area contributed by atoms with Gasteiger partial charge in [0.2, 0.25) is 5.91 Å². The Hall–Kier alpha value is -1.43. The van der Waals surface area contributed by atoms with Crippen LogP contribution in [0.4, 0.5) is 0 Å². The molecule has 1 aromatic rings. The van der Waals surface area contributed by atoms with Gasteiger partial charge in [0.1, 0.15) is 12.2 Å². The lowest BCUT2D eigenvalue weighted by molar-refractivity contribution is -0.120. The van der Waals surface area contributed by atoms with Crippen molar-refractivity contribution in [2.24, 2.45) is 13.0 Å². The minimum absolute atomic E-state index is 0.0489. The summed E-state index contributed by atoms with van der Waals surface area (Å²) in [7, 11) is 1.90. The van der Waals surface area contributed by atoms with E-state index in [1.54, 1.807) is 6.33 Å². The third kappa shape index (κ3) is 4.14. The maximum absolute atomic E-state index is 11.4.